The van der Waals surface area contributed by atoms with Crippen LogP contribution in [0.2, 0.25) is 10.0 Å². The first kappa shape index (κ1) is 17.9. The van der Waals surface area contributed by atoms with Gasteiger partial charge in [0.15, 0.2) is 0 Å². The Balaban J connectivity index is 1.75. The minimum atomic E-state index is 0.640. The Morgan fingerprint density at radius 3 is 1.86 bits per heavy atom. The highest BCUT2D eigenvalue weighted by atomic mass is 35.5. The molecule has 0 aliphatic carbocycles. The summed E-state index contributed by atoms with van der Waals surface area (Å²) in [6.45, 7) is 0. The maximum atomic E-state index is 6.10. The van der Waals surface area contributed by atoms with Crippen LogP contribution in [0.25, 0.3) is 39.5 Å². The zero-order chi connectivity index (χ0) is 19.8. The lowest BCUT2D eigenvalue weighted by Crippen LogP contribution is -1.93. The average Bonchev–Trinajstić information content (AvgIpc) is 3.14. The molecule has 0 aliphatic heterocycles. The normalized spacial score (nSPS) is 11.1. The molecule has 0 N–H and O–H groups in total. The highest BCUT2D eigenvalue weighted by Crippen LogP contribution is 2.34. The van der Waals surface area contributed by atoms with E-state index in [1.54, 1.807) is 0 Å². The quantitative estimate of drug-likeness (QED) is 0.316. The fraction of sp³-hybridized carbons (Fsp3) is 0. The minimum Gasteiger partial charge on any atom is -0.283 e. The molecule has 0 saturated heterocycles. The molecule has 5 rings (SSSR count). The summed E-state index contributed by atoms with van der Waals surface area (Å²) >= 11 is 12.2. The summed E-state index contributed by atoms with van der Waals surface area (Å²) in [6, 6.07) is 27.5. The molecule has 3 aromatic carbocycles. The lowest BCUT2D eigenvalue weighted by molar-refractivity contribution is 1.12. The molecule has 5 aromatic rings. The van der Waals surface area contributed by atoms with Gasteiger partial charge in [0.1, 0.15) is 0 Å². The van der Waals surface area contributed by atoms with E-state index in [0.29, 0.717) is 15.8 Å². The maximum absolute atomic E-state index is 6.10. The molecule has 5 heteroatoms. The number of halogens is 2. The summed E-state index contributed by atoms with van der Waals surface area (Å²) in [5.74, 6) is 0.640. The summed E-state index contributed by atoms with van der Waals surface area (Å²) in [6.07, 6.45) is 2.01. The second kappa shape index (κ2) is 7.36. The van der Waals surface area contributed by atoms with E-state index in [4.69, 9.17) is 33.2 Å². The fourth-order valence-corrected chi connectivity index (χ4v) is 3.65. The maximum Gasteiger partial charge on any atom is 0.235 e. The van der Waals surface area contributed by atoms with Gasteiger partial charge < -0.3 is 0 Å². The number of imidazole rings is 1. The van der Waals surface area contributed by atoms with Crippen LogP contribution in [0.15, 0.2) is 91.1 Å². The first-order chi connectivity index (χ1) is 14.2. The van der Waals surface area contributed by atoms with Gasteiger partial charge in [-0.2, -0.15) is 0 Å². The largest absolute Gasteiger partial charge is 0.283 e. The van der Waals surface area contributed by atoms with E-state index in [2.05, 4.69) is 0 Å². The molecule has 0 radical (unpaired) electrons. The molecule has 29 heavy (non-hydrogen) atoms. The average molecular weight is 416 g/mol. The lowest BCUT2D eigenvalue weighted by Gasteiger charge is -2.07. The van der Waals surface area contributed by atoms with Gasteiger partial charge in [-0.05, 0) is 30.3 Å². The number of hydrogen-bond acceptors (Lipinski definition) is 2. The van der Waals surface area contributed by atoms with Gasteiger partial charge in [0, 0.05) is 32.9 Å². The Hall–Kier alpha value is -3.14. The summed E-state index contributed by atoms with van der Waals surface area (Å²) < 4.78 is 2.01. The molecule has 0 bridgehead atoms. The van der Waals surface area contributed by atoms with Crippen molar-refractivity contribution >= 4 is 29.0 Å². The Labute approximate surface area is 178 Å². The van der Waals surface area contributed by atoms with Gasteiger partial charge in [0.05, 0.1) is 17.1 Å². The number of aromatic nitrogens is 3. The smallest absolute Gasteiger partial charge is 0.235 e. The van der Waals surface area contributed by atoms with Crippen molar-refractivity contribution in [3.05, 3.63) is 101 Å². The van der Waals surface area contributed by atoms with E-state index in [-0.39, 0.29) is 0 Å². The summed E-state index contributed by atoms with van der Waals surface area (Å²) in [4.78, 5) is 9.69. The molecule has 3 nitrogen and oxygen atoms in total. The SMILES string of the molecule is Clc1ccc(-c2nc3nc(-c4ccccc4)ccn3c2-c2ccc(Cl)cc2)cc1. The summed E-state index contributed by atoms with van der Waals surface area (Å²) in [7, 11) is 0. The van der Waals surface area contributed by atoms with Crippen LogP contribution in [0.4, 0.5) is 0 Å². The van der Waals surface area contributed by atoms with Crippen LogP contribution in [0.3, 0.4) is 0 Å². The van der Waals surface area contributed by atoms with Crippen LogP contribution < -0.4 is 0 Å². The highest BCUT2D eigenvalue weighted by molar-refractivity contribution is 6.31. The molecule has 0 aliphatic rings. The number of fused-ring (bicyclic) bond motifs is 1. The first-order valence-corrected chi connectivity index (χ1v) is 9.91. The van der Waals surface area contributed by atoms with E-state index in [1.165, 1.54) is 0 Å². The minimum absolute atomic E-state index is 0.640. The molecule has 0 saturated carbocycles. The third kappa shape index (κ3) is 3.39. The van der Waals surface area contributed by atoms with Crippen LogP contribution in [0.1, 0.15) is 0 Å². The molecule has 2 aromatic heterocycles. The molecule has 0 spiro atoms. The predicted molar refractivity (Wildman–Crippen MR) is 119 cm³/mol. The van der Waals surface area contributed by atoms with Gasteiger partial charge >= 0.3 is 0 Å². The molecule has 0 unspecified atom stereocenters. The Bertz CT molecular complexity index is 1290. The van der Waals surface area contributed by atoms with Crippen molar-refractivity contribution in [3.63, 3.8) is 0 Å². The standard InChI is InChI=1S/C24H15Cl2N3/c25-19-10-6-17(7-11-19)22-23(18-8-12-20(26)13-9-18)29-15-14-21(27-24(29)28-22)16-4-2-1-3-5-16/h1-15H. The molecule has 2 heterocycles. The van der Waals surface area contributed by atoms with Crippen LogP contribution >= 0.6 is 23.2 Å². The first-order valence-electron chi connectivity index (χ1n) is 9.15. The van der Waals surface area contributed by atoms with Crippen molar-refractivity contribution < 1.29 is 0 Å². The number of nitrogens with zero attached hydrogens (tertiary/aromatic N) is 3. The lowest BCUT2D eigenvalue weighted by atomic mass is 10.0. The monoisotopic (exact) mass is 415 g/mol. The summed E-state index contributed by atoms with van der Waals surface area (Å²) in [5.41, 5.74) is 5.74. The second-order valence-corrected chi connectivity index (χ2v) is 7.54. The van der Waals surface area contributed by atoms with E-state index in [1.807, 2.05) is 95.5 Å². The van der Waals surface area contributed by atoms with Crippen LogP contribution in [0.5, 0.6) is 0 Å². The Morgan fingerprint density at radius 2 is 1.21 bits per heavy atom. The Morgan fingerprint density at radius 1 is 0.586 bits per heavy atom. The van der Waals surface area contributed by atoms with Crippen molar-refractivity contribution in [3.8, 4) is 33.8 Å². The van der Waals surface area contributed by atoms with E-state index in [0.717, 1.165) is 33.8 Å². The van der Waals surface area contributed by atoms with Crippen LogP contribution in [-0.4, -0.2) is 14.4 Å². The van der Waals surface area contributed by atoms with E-state index >= 15 is 0 Å². The van der Waals surface area contributed by atoms with Crippen molar-refractivity contribution in [1.29, 1.82) is 0 Å². The van der Waals surface area contributed by atoms with Gasteiger partial charge in [-0.15, -0.1) is 0 Å². The predicted octanol–water partition coefficient (Wildman–Crippen LogP) is 7.04. The Kier molecular flexibility index (Phi) is 4.55. The second-order valence-electron chi connectivity index (χ2n) is 6.67. The number of rotatable bonds is 3. The van der Waals surface area contributed by atoms with Crippen molar-refractivity contribution in [2.75, 3.05) is 0 Å². The van der Waals surface area contributed by atoms with Gasteiger partial charge in [-0.3, -0.25) is 4.40 Å². The van der Waals surface area contributed by atoms with Crippen LogP contribution in [-0.2, 0) is 0 Å². The van der Waals surface area contributed by atoms with Crippen LogP contribution in [0, 0.1) is 0 Å². The van der Waals surface area contributed by atoms with E-state index in [9.17, 15) is 0 Å². The topological polar surface area (TPSA) is 30.2 Å². The van der Waals surface area contributed by atoms with E-state index < -0.39 is 0 Å². The molecule has 0 fully saturated rings. The summed E-state index contributed by atoms with van der Waals surface area (Å²) in [5, 5.41) is 1.38. The third-order valence-corrected chi connectivity index (χ3v) is 5.30. The zero-order valence-electron chi connectivity index (χ0n) is 15.3. The molecule has 0 atom stereocenters. The van der Waals surface area contributed by atoms with Crippen molar-refractivity contribution in [1.82, 2.24) is 14.4 Å². The number of benzene rings is 3. The zero-order valence-corrected chi connectivity index (χ0v) is 16.8. The van der Waals surface area contributed by atoms with Crippen molar-refractivity contribution in [2.24, 2.45) is 0 Å². The molecule has 140 valence electrons. The van der Waals surface area contributed by atoms with Gasteiger partial charge in [0.25, 0.3) is 0 Å². The van der Waals surface area contributed by atoms with Gasteiger partial charge in [-0.1, -0.05) is 77.8 Å². The fourth-order valence-electron chi connectivity index (χ4n) is 3.39. The highest BCUT2D eigenvalue weighted by Gasteiger charge is 2.17. The van der Waals surface area contributed by atoms with Gasteiger partial charge in [-0.25, -0.2) is 9.97 Å². The molecular weight excluding hydrogens is 401 g/mol. The van der Waals surface area contributed by atoms with Gasteiger partial charge in [0.2, 0.25) is 5.78 Å². The molecule has 0 amide bonds. The third-order valence-electron chi connectivity index (χ3n) is 4.80. The number of hydrogen-bond donors (Lipinski definition) is 0. The van der Waals surface area contributed by atoms with Crippen molar-refractivity contribution in [2.45, 2.75) is 0 Å². The molecular formula is C24H15Cl2N3.